The van der Waals surface area contributed by atoms with Gasteiger partial charge >= 0.3 is 11.8 Å². The van der Waals surface area contributed by atoms with E-state index in [0.717, 1.165) is 5.56 Å². The van der Waals surface area contributed by atoms with E-state index in [1.807, 2.05) is 45.9 Å². The maximum atomic E-state index is 12.2. The van der Waals surface area contributed by atoms with Crippen LogP contribution in [0.4, 0.5) is 0 Å². The first-order valence-corrected chi connectivity index (χ1v) is 8.05. The Morgan fingerprint density at radius 1 is 1.12 bits per heavy atom. The number of carbonyl (C=O) groups is 2. The Hall–Kier alpha value is -2.24. The van der Waals surface area contributed by atoms with Gasteiger partial charge in [-0.3, -0.25) is 9.59 Å². The maximum Gasteiger partial charge on any atom is 0.312 e. The molecule has 2 amide bonds. The molecule has 1 N–H and O–H groups in total. The zero-order valence-corrected chi connectivity index (χ0v) is 15.4. The third-order valence-corrected chi connectivity index (χ3v) is 3.71. The minimum atomic E-state index is -0.577. The van der Waals surface area contributed by atoms with Crippen molar-refractivity contribution in [3.8, 4) is 11.5 Å². The highest BCUT2D eigenvalue weighted by Gasteiger charge is 2.29. The average molecular weight is 336 g/mol. The Kier molecular flexibility index (Phi) is 7.07. The van der Waals surface area contributed by atoms with E-state index in [1.165, 1.54) is 0 Å². The lowest BCUT2D eigenvalue weighted by molar-refractivity contribution is -0.148. The fraction of sp³-hybridized carbons (Fsp3) is 0.556. The number of ether oxygens (including phenoxy) is 2. The summed E-state index contributed by atoms with van der Waals surface area (Å²) in [6.07, 6.45) is 0.598. The molecule has 134 valence electrons. The highest BCUT2D eigenvalue weighted by molar-refractivity contribution is 6.35. The Bertz CT molecular complexity index is 579. The fourth-order valence-corrected chi connectivity index (χ4v) is 2.48. The second kappa shape index (κ2) is 8.57. The number of methoxy groups -OCH3 is 2. The van der Waals surface area contributed by atoms with E-state index in [0.29, 0.717) is 31.0 Å². The van der Waals surface area contributed by atoms with Crippen molar-refractivity contribution >= 4 is 11.8 Å². The van der Waals surface area contributed by atoms with Crippen LogP contribution in [0.3, 0.4) is 0 Å². The molecular weight excluding hydrogens is 308 g/mol. The van der Waals surface area contributed by atoms with Crippen molar-refractivity contribution in [2.45, 2.75) is 39.7 Å². The average Bonchev–Trinajstić information content (AvgIpc) is 2.53. The number of carbonyl (C=O) groups excluding carboxylic acids is 2. The van der Waals surface area contributed by atoms with Gasteiger partial charge in [0.2, 0.25) is 0 Å². The van der Waals surface area contributed by atoms with Crippen LogP contribution in [-0.2, 0) is 16.0 Å². The van der Waals surface area contributed by atoms with Crippen LogP contribution in [0.25, 0.3) is 0 Å². The number of benzene rings is 1. The van der Waals surface area contributed by atoms with Gasteiger partial charge in [-0.2, -0.15) is 0 Å². The van der Waals surface area contributed by atoms with Gasteiger partial charge in [0.1, 0.15) is 0 Å². The van der Waals surface area contributed by atoms with E-state index in [-0.39, 0.29) is 5.54 Å². The number of nitrogens with one attached hydrogen (secondary N) is 1. The van der Waals surface area contributed by atoms with Crippen molar-refractivity contribution in [2.24, 2.45) is 0 Å². The molecule has 0 spiro atoms. The molecule has 0 fully saturated rings. The van der Waals surface area contributed by atoms with Gasteiger partial charge in [0.05, 0.1) is 14.2 Å². The van der Waals surface area contributed by atoms with Crippen LogP contribution in [0, 0.1) is 0 Å². The smallest absolute Gasteiger partial charge is 0.312 e. The van der Waals surface area contributed by atoms with Crippen LogP contribution in [0.15, 0.2) is 18.2 Å². The molecule has 0 aromatic heterocycles. The molecule has 0 unspecified atom stereocenters. The molecule has 0 saturated carbocycles. The first kappa shape index (κ1) is 19.8. The largest absolute Gasteiger partial charge is 0.493 e. The summed E-state index contributed by atoms with van der Waals surface area (Å²) in [5.74, 6) is 0.219. The van der Waals surface area contributed by atoms with Gasteiger partial charge in [-0.25, -0.2) is 0 Å². The molecule has 0 atom stereocenters. The molecular formula is C18H28N2O4. The SMILES string of the molecule is CCN(C(=O)C(=O)NCCc1ccc(OC)c(OC)c1)C(C)(C)C. The highest BCUT2D eigenvalue weighted by atomic mass is 16.5. The number of nitrogens with zero attached hydrogens (tertiary/aromatic N) is 1. The summed E-state index contributed by atoms with van der Waals surface area (Å²) in [5.41, 5.74) is 0.607. The summed E-state index contributed by atoms with van der Waals surface area (Å²) in [5, 5.41) is 2.68. The summed E-state index contributed by atoms with van der Waals surface area (Å²) in [4.78, 5) is 25.8. The molecule has 0 aliphatic rings. The van der Waals surface area contributed by atoms with Crippen molar-refractivity contribution < 1.29 is 19.1 Å². The zero-order chi connectivity index (χ0) is 18.3. The highest BCUT2D eigenvalue weighted by Crippen LogP contribution is 2.27. The predicted octanol–water partition coefficient (Wildman–Crippen LogP) is 2.01. The van der Waals surface area contributed by atoms with Crippen LogP contribution < -0.4 is 14.8 Å². The first-order valence-electron chi connectivity index (χ1n) is 8.05. The standard InChI is InChI=1S/C18H28N2O4/c1-7-20(18(2,3)4)17(22)16(21)19-11-10-13-8-9-14(23-5)15(12-13)24-6/h8-9,12H,7,10-11H2,1-6H3,(H,19,21). The van der Waals surface area contributed by atoms with Crippen LogP contribution in [0.2, 0.25) is 0 Å². The van der Waals surface area contributed by atoms with E-state index in [9.17, 15) is 9.59 Å². The molecule has 0 aliphatic carbocycles. The lowest BCUT2D eigenvalue weighted by Crippen LogP contribution is -2.51. The van der Waals surface area contributed by atoms with Crippen molar-refractivity contribution in [1.29, 1.82) is 0 Å². The predicted molar refractivity (Wildman–Crippen MR) is 93.4 cm³/mol. The quantitative estimate of drug-likeness (QED) is 0.807. The molecule has 0 bridgehead atoms. The van der Waals surface area contributed by atoms with Crippen molar-refractivity contribution in [3.05, 3.63) is 23.8 Å². The molecule has 0 radical (unpaired) electrons. The molecule has 6 heteroatoms. The molecule has 0 saturated heterocycles. The van der Waals surface area contributed by atoms with Crippen LogP contribution in [-0.4, -0.2) is 49.6 Å². The molecule has 0 aliphatic heterocycles. The van der Waals surface area contributed by atoms with E-state index in [2.05, 4.69) is 5.32 Å². The van der Waals surface area contributed by atoms with Gasteiger partial charge in [0.15, 0.2) is 11.5 Å². The minimum absolute atomic E-state index is 0.377. The molecule has 24 heavy (non-hydrogen) atoms. The summed E-state index contributed by atoms with van der Waals surface area (Å²) >= 11 is 0. The van der Waals surface area contributed by atoms with Crippen molar-refractivity contribution in [2.75, 3.05) is 27.3 Å². The monoisotopic (exact) mass is 336 g/mol. The summed E-state index contributed by atoms with van der Waals surface area (Å²) in [6, 6.07) is 5.59. The molecule has 1 aromatic carbocycles. The number of amides is 2. The summed E-state index contributed by atoms with van der Waals surface area (Å²) in [6.45, 7) is 8.45. The van der Waals surface area contributed by atoms with Crippen molar-refractivity contribution in [3.63, 3.8) is 0 Å². The Morgan fingerprint density at radius 2 is 1.75 bits per heavy atom. The van der Waals surface area contributed by atoms with Gasteiger partial charge in [-0.05, 0) is 51.8 Å². The van der Waals surface area contributed by atoms with Gasteiger partial charge in [-0.1, -0.05) is 6.07 Å². The van der Waals surface area contributed by atoms with E-state index in [1.54, 1.807) is 19.1 Å². The Morgan fingerprint density at radius 3 is 2.25 bits per heavy atom. The summed E-state index contributed by atoms with van der Waals surface area (Å²) < 4.78 is 10.4. The minimum Gasteiger partial charge on any atom is -0.493 e. The van der Waals surface area contributed by atoms with Crippen molar-refractivity contribution in [1.82, 2.24) is 10.2 Å². The third kappa shape index (κ3) is 5.15. The number of hydrogen-bond donors (Lipinski definition) is 1. The summed E-state index contributed by atoms with van der Waals surface area (Å²) in [7, 11) is 3.16. The lowest BCUT2D eigenvalue weighted by Gasteiger charge is -2.34. The molecule has 1 aromatic rings. The van der Waals surface area contributed by atoms with Crippen LogP contribution in [0.5, 0.6) is 11.5 Å². The van der Waals surface area contributed by atoms with Crippen LogP contribution in [0.1, 0.15) is 33.3 Å². The second-order valence-corrected chi connectivity index (χ2v) is 6.42. The Balaban J connectivity index is 2.61. The fourth-order valence-electron chi connectivity index (χ4n) is 2.48. The van der Waals surface area contributed by atoms with E-state index >= 15 is 0 Å². The normalized spacial score (nSPS) is 10.9. The topological polar surface area (TPSA) is 67.9 Å². The third-order valence-electron chi connectivity index (χ3n) is 3.71. The second-order valence-electron chi connectivity index (χ2n) is 6.42. The van der Waals surface area contributed by atoms with E-state index in [4.69, 9.17) is 9.47 Å². The number of rotatable bonds is 6. The molecule has 6 nitrogen and oxygen atoms in total. The van der Waals surface area contributed by atoms with Gasteiger partial charge in [0, 0.05) is 18.6 Å². The van der Waals surface area contributed by atoms with Crippen LogP contribution >= 0.6 is 0 Å². The Labute approximate surface area is 144 Å². The van der Waals surface area contributed by atoms with E-state index < -0.39 is 11.8 Å². The van der Waals surface area contributed by atoms with Gasteiger partial charge in [0.25, 0.3) is 0 Å². The maximum absolute atomic E-state index is 12.2. The lowest BCUT2D eigenvalue weighted by atomic mass is 10.1. The van der Waals surface area contributed by atoms with Gasteiger partial charge in [-0.15, -0.1) is 0 Å². The molecule has 0 heterocycles. The zero-order valence-electron chi connectivity index (χ0n) is 15.4. The number of likely N-dealkylation sites (N-methyl/N-ethyl adjacent to an activating group) is 1. The van der Waals surface area contributed by atoms with Gasteiger partial charge < -0.3 is 19.7 Å². The first-order chi connectivity index (χ1) is 11.2. The number of hydrogen-bond acceptors (Lipinski definition) is 4. The molecule has 1 rings (SSSR count).